The predicted octanol–water partition coefficient (Wildman–Crippen LogP) is 2.51. The molecule has 1 amide bonds. The average Bonchev–Trinajstić information content (AvgIpc) is 2.83. The Bertz CT molecular complexity index is 704. The van der Waals surface area contributed by atoms with Crippen molar-refractivity contribution >= 4 is 27.5 Å². The van der Waals surface area contributed by atoms with Gasteiger partial charge in [0.15, 0.2) is 9.84 Å². The maximum atomic E-state index is 12.1. The van der Waals surface area contributed by atoms with Crippen molar-refractivity contribution in [1.82, 2.24) is 5.32 Å². The molecule has 1 saturated heterocycles. The van der Waals surface area contributed by atoms with Crippen LogP contribution in [0, 0.1) is 0 Å². The van der Waals surface area contributed by atoms with E-state index in [4.69, 9.17) is 0 Å². The van der Waals surface area contributed by atoms with Gasteiger partial charge in [-0.1, -0.05) is 12.1 Å². The van der Waals surface area contributed by atoms with E-state index in [1.165, 1.54) is 36.0 Å². The fourth-order valence-electron chi connectivity index (χ4n) is 2.31. The number of halogens is 3. The summed E-state index contributed by atoms with van der Waals surface area (Å²) in [4.78, 5) is 12.1. The van der Waals surface area contributed by atoms with Crippen LogP contribution in [0.1, 0.15) is 18.9 Å². The Morgan fingerprint density at radius 1 is 1.36 bits per heavy atom. The highest BCUT2D eigenvalue weighted by atomic mass is 32.2. The third-order valence-corrected chi connectivity index (χ3v) is 6.59. The van der Waals surface area contributed by atoms with Gasteiger partial charge in [0.2, 0.25) is 5.91 Å². The highest BCUT2D eigenvalue weighted by Crippen LogP contribution is 2.25. The number of amides is 1. The van der Waals surface area contributed by atoms with E-state index < -0.39 is 21.4 Å². The second-order valence-electron chi connectivity index (χ2n) is 5.75. The standard InChI is InChI=1S/C15H18F3NO4S2/c1-10(14(20)19-12-6-7-25(21,22)9-12)24-8-11-2-4-13(5-3-11)23-15(16,17)18/h2-5,10,12H,6-9H2,1H3,(H,19,20). The lowest BCUT2D eigenvalue weighted by molar-refractivity contribution is -0.274. The molecular weight excluding hydrogens is 379 g/mol. The summed E-state index contributed by atoms with van der Waals surface area (Å²) in [6, 6.07) is 5.10. The van der Waals surface area contributed by atoms with Crippen LogP contribution in [0.4, 0.5) is 13.2 Å². The molecule has 25 heavy (non-hydrogen) atoms. The molecule has 0 aliphatic carbocycles. The van der Waals surface area contributed by atoms with Gasteiger partial charge in [-0.3, -0.25) is 4.79 Å². The van der Waals surface area contributed by atoms with E-state index in [0.717, 1.165) is 5.56 Å². The number of nitrogens with one attached hydrogen (secondary N) is 1. The van der Waals surface area contributed by atoms with Crippen LogP contribution < -0.4 is 10.1 Å². The molecule has 1 aliphatic heterocycles. The quantitative estimate of drug-likeness (QED) is 0.799. The van der Waals surface area contributed by atoms with Crippen molar-refractivity contribution in [2.24, 2.45) is 0 Å². The molecule has 2 unspecified atom stereocenters. The van der Waals surface area contributed by atoms with E-state index in [1.54, 1.807) is 6.92 Å². The summed E-state index contributed by atoms with van der Waals surface area (Å²) in [6.45, 7) is 1.70. The predicted molar refractivity (Wildman–Crippen MR) is 89.1 cm³/mol. The van der Waals surface area contributed by atoms with Crippen LogP contribution in [0.15, 0.2) is 24.3 Å². The van der Waals surface area contributed by atoms with Crippen LogP contribution in [0.2, 0.25) is 0 Å². The van der Waals surface area contributed by atoms with Crippen LogP contribution in [0.25, 0.3) is 0 Å². The Morgan fingerprint density at radius 3 is 2.52 bits per heavy atom. The number of hydrogen-bond donors (Lipinski definition) is 1. The molecule has 1 N–H and O–H groups in total. The van der Waals surface area contributed by atoms with Gasteiger partial charge >= 0.3 is 6.36 Å². The summed E-state index contributed by atoms with van der Waals surface area (Å²) in [6.07, 6.45) is -4.30. The van der Waals surface area contributed by atoms with Gasteiger partial charge in [-0.2, -0.15) is 0 Å². The molecule has 0 bridgehead atoms. The first kappa shape index (κ1) is 19.9. The maximum Gasteiger partial charge on any atom is 0.573 e. The summed E-state index contributed by atoms with van der Waals surface area (Å²) in [5.74, 6) is -0.0504. The van der Waals surface area contributed by atoms with Gasteiger partial charge in [0, 0.05) is 11.8 Å². The van der Waals surface area contributed by atoms with Crippen LogP contribution in [0.3, 0.4) is 0 Å². The van der Waals surface area contributed by atoms with E-state index in [-0.39, 0.29) is 29.2 Å². The maximum absolute atomic E-state index is 12.1. The molecule has 2 rings (SSSR count). The molecule has 0 radical (unpaired) electrons. The minimum absolute atomic E-state index is 0.0310. The Hall–Kier alpha value is -1.42. The first-order valence-electron chi connectivity index (χ1n) is 7.51. The number of thioether (sulfide) groups is 1. The average molecular weight is 397 g/mol. The van der Waals surface area contributed by atoms with Gasteiger partial charge in [-0.15, -0.1) is 24.9 Å². The van der Waals surface area contributed by atoms with Crippen molar-refractivity contribution in [3.63, 3.8) is 0 Å². The number of carbonyl (C=O) groups excluding carboxylic acids is 1. The summed E-state index contributed by atoms with van der Waals surface area (Å²) in [5.41, 5.74) is 0.752. The molecule has 0 saturated carbocycles. The molecule has 1 aromatic carbocycles. The number of benzene rings is 1. The number of carbonyl (C=O) groups is 1. The SMILES string of the molecule is CC(SCc1ccc(OC(F)(F)F)cc1)C(=O)NC1CCS(=O)(=O)C1. The Kier molecular flexibility index (Phi) is 6.26. The summed E-state index contributed by atoms with van der Waals surface area (Å²) in [7, 11) is -3.05. The van der Waals surface area contributed by atoms with E-state index in [1.807, 2.05) is 0 Å². The lowest BCUT2D eigenvalue weighted by Gasteiger charge is -2.16. The minimum Gasteiger partial charge on any atom is -0.406 e. The zero-order valence-electron chi connectivity index (χ0n) is 13.4. The molecule has 0 aromatic heterocycles. The Balaban J connectivity index is 1.79. The van der Waals surface area contributed by atoms with Crippen LogP contribution >= 0.6 is 11.8 Å². The third kappa shape index (κ3) is 6.77. The van der Waals surface area contributed by atoms with E-state index in [0.29, 0.717) is 12.2 Å². The molecule has 1 fully saturated rings. The lowest BCUT2D eigenvalue weighted by atomic mass is 10.2. The minimum atomic E-state index is -4.73. The number of sulfone groups is 1. The molecule has 1 heterocycles. The van der Waals surface area contributed by atoms with E-state index >= 15 is 0 Å². The Morgan fingerprint density at radius 2 is 2.00 bits per heavy atom. The van der Waals surface area contributed by atoms with Crippen LogP contribution in [0.5, 0.6) is 5.75 Å². The molecule has 5 nitrogen and oxygen atoms in total. The monoisotopic (exact) mass is 397 g/mol. The van der Waals surface area contributed by atoms with Gasteiger partial charge in [0.05, 0.1) is 16.8 Å². The van der Waals surface area contributed by atoms with Crippen LogP contribution in [-0.2, 0) is 20.4 Å². The van der Waals surface area contributed by atoms with Crippen molar-refractivity contribution in [3.8, 4) is 5.75 Å². The normalized spacial score (nSPS) is 20.9. The lowest BCUT2D eigenvalue weighted by Crippen LogP contribution is -2.40. The number of hydrogen-bond acceptors (Lipinski definition) is 5. The number of ether oxygens (including phenoxy) is 1. The smallest absolute Gasteiger partial charge is 0.406 e. The van der Waals surface area contributed by atoms with Crippen molar-refractivity contribution in [3.05, 3.63) is 29.8 Å². The second-order valence-corrected chi connectivity index (χ2v) is 9.31. The first-order valence-corrected chi connectivity index (χ1v) is 10.4. The molecular formula is C15H18F3NO4S2. The Labute approximate surface area is 148 Å². The number of rotatable bonds is 6. The first-order chi connectivity index (χ1) is 11.5. The van der Waals surface area contributed by atoms with Crippen LogP contribution in [-0.4, -0.2) is 43.5 Å². The summed E-state index contributed by atoms with van der Waals surface area (Å²) < 4.78 is 62.8. The van der Waals surface area contributed by atoms with Crippen molar-refractivity contribution in [2.75, 3.05) is 11.5 Å². The van der Waals surface area contributed by atoms with E-state index in [9.17, 15) is 26.4 Å². The summed E-state index contributed by atoms with van der Waals surface area (Å²) >= 11 is 1.32. The van der Waals surface area contributed by atoms with Gasteiger partial charge in [-0.25, -0.2) is 8.42 Å². The fraction of sp³-hybridized carbons (Fsp3) is 0.533. The van der Waals surface area contributed by atoms with Crippen molar-refractivity contribution in [1.29, 1.82) is 0 Å². The molecule has 0 spiro atoms. The van der Waals surface area contributed by atoms with Gasteiger partial charge < -0.3 is 10.1 Å². The fourth-order valence-corrected chi connectivity index (χ4v) is 4.84. The molecule has 10 heteroatoms. The molecule has 2 atom stereocenters. The molecule has 1 aromatic rings. The van der Waals surface area contributed by atoms with Gasteiger partial charge in [0.1, 0.15) is 5.75 Å². The highest BCUT2D eigenvalue weighted by Gasteiger charge is 2.31. The van der Waals surface area contributed by atoms with E-state index in [2.05, 4.69) is 10.1 Å². The van der Waals surface area contributed by atoms with Gasteiger partial charge in [0.25, 0.3) is 0 Å². The van der Waals surface area contributed by atoms with Crippen molar-refractivity contribution < 1.29 is 31.1 Å². The largest absolute Gasteiger partial charge is 0.573 e. The zero-order valence-corrected chi connectivity index (χ0v) is 15.0. The number of alkyl halides is 3. The molecule has 1 aliphatic rings. The zero-order chi connectivity index (χ0) is 18.7. The topological polar surface area (TPSA) is 72.5 Å². The van der Waals surface area contributed by atoms with Crippen molar-refractivity contribution in [2.45, 2.75) is 36.8 Å². The summed E-state index contributed by atoms with van der Waals surface area (Å²) in [5, 5.41) is 2.31. The molecule has 140 valence electrons. The third-order valence-electron chi connectivity index (χ3n) is 3.60. The van der Waals surface area contributed by atoms with Gasteiger partial charge in [-0.05, 0) is 31.0 Å². The highest BCUT2D eigenvalue weighted by molar-refractivity contribution is 7.99. The second kappa shape index (κ2) is 7.86.